The smallest absolute Gasteiger partial charge is 0.326 e. The Bertz CT molecular complexity index is 1350. The van der Waals surface area contributed by atoms with Crippen LogP contribution in [0.15, 0.2) is 71.4 Å². The van der Waals surface area contributed by atoms with Gasteiger partial charge in [0.1, 0.15) is 5.69 Å². The van der Waals surface area contributed by atoms with Crippen molar-refractivity contribution in [1.82, 2.24) is 9.78 Å². The summed E-state index contributed by atoms with van der Waals surface area (Å²) in [5.41, 5.74) is 8.17. The Kier molecular flexibility index (Phi) is 6.97. The lowest BCUT2D eigenvalue weighted by Gasteiger charge is -2.19. The molecule has 37 heavy (non-hydrogen) atoms. The van der Waals surface area contributed by atoms with Crippen LogP contribution in [0, 0.1) is 5.92 Å². The molecule has 1 aromatic heterocycles. The van der Waals surface area contributed by atoms with Crippen LogP contribution in [0.5, 0.6) is 0 Å². The number of amides is 1. The van der Waals surface area contributed by atoms with Crippen LogP contribution in [-0.2, 0) is 12.7 Å². The molecule has 3 aromatic rings. The summed E-state index contributed by atoms with van der Waals surface area (Å²) in [4.78, 5) is 17.5. The highest BCUT2D eigenvalue weighted by molar-refractivity contribution is 6.03. The maximum atomic E-state index is 13.5. The summed E-state index contributed by atoms with van der Waals surface area (Å²) in [6.07, 6.45) is 4.60. The highest BCUT2D eigenvalue weighted by Gasteiger charge is 2.36. The number of benzene rings is 2. The van der Waals surface area contributed by atoms with Crippen molar-refractivity contribution < 1.29 is 18.0 Å². The lowest BCUT2D eigenvalue weighted by Crippen LogP contribution is -2.17. The van der Waals surface area contributed by atoms with Gasteiger partial charge in [-0.2, -0.15) is 18.3 Å². The van der Waals surface area contributed by atoms with Gasteiger partial charge in [0, 0.05) is 43.1 Å². The molecule has 5 rings (SSSR count). The van der Waals surface area contributed by atoms with Crippen molar-refractivity contribution in [3.63, 3.8) is 0 Å². The number of aliphatic imine (C=N–C) groups is 1. The molecule has 2 aliphatic rings. The van der Waals surface area contributed by atoms with Crippen LogP contribution < -0.4 is 11.1 Å². The Morgan fingerprint density at radius 3 is 2.65 bits per heavy atom. The Labute approximate surface area is 213 Å². The zero-order chi connectivity index (χ0) is 26.0. The van der Waals surface area contributed by atoms with Gasteiger partial charge >= 0.3 is 6.18 Å². The van der Waals surface area contributed by atoms with E-state index in [1.807, 2.05) is 30.6 Å². The van der Waals surface area contributed by atoms with Crippen LogP contribution in [0.4, 0.5) is 18.9 Å². The number of aromatic nitrogens is 2. The fraction of sp³-hybridized carbons (Fsp3) is 0.321. The third kappa shape index (κ3) is 5.83. The molecule has 0 saturated heterocycles. The summed E-state index contributed by atoms with van der Waals surface area (Å²) >= 11 is 0. The third-order valence-electron chi connectivity index (χ3n) is 6.85. The molecule has 1 aliphatic carbocycles. The Morgan fingerprint density at radius 2 is 1.95 bits per heavy atom. The SMILES string of the molecule is NCc1cccc(-n2nc(C(F)(F)F)cc2C(=O)Nc2cccc(C(CCC3CC3)C3=CN=CC3)c2)c1. The van der Waals surface area contributed by atoms with Crippen LogP contribution >= 0.6 is 0 Å². The number of alkyl halides is 3. The summed E-state index contributed by atoms with van der Waals surface area (Å²) in [6, 6.07) is 14.9. The second-order valence-corrected chi connectivity index (χ2v) is 9.59. The number of hydrogen-bond donors (Lipinski definition) is 2. The van der Waals surface area contributed by atoms with E-state index < -0.39 is 17.8 Å². The average Bonchev–Trinajstić information content (AvgIpc) is 3.35. The van der Waals surface area contributed by atoms with Crippen molar-refractivity contribution in [1.29, 1.82) is 0 Å². The maximum Gasteiger partial charge on any atom is 0.435 e. The van der Waals surface area contributed by atoms with E-state index in [1.165, 1.54) is 18.4 Å². The zero-order valence-corrected chi connectivity index (χ0v) is 20.2. The number of carbonyl (C=O) groups is 1. The molecule has 9 heteroatoms. The van der Waals surface area contributed by atoms with Crippen molar-refractivity contribution in [3.05, 3.63) is 88.9 Å². The van der Waals surface area contributed by atoms with E-state index >= 15 is 0 Å². The number of carbonyl (C=O) groups excluding carboxylic acids is 1. The first-order valence-corrected chi connectivity index (χ1v) is 12.4. The van der Waals surface area contributed by atoms with Crippen LogP contribution in [0.25, 0.3) is 5.69 Å². The van der Waals surface area contributed by atoms with E-state index in [0.29, 0.717) is 16.9 Å². The van der Waals surface area contributed by atoms with Gasteiger partial charge in [-0.1, -0.05) is 37.1 Å². The van der Waals surface area contributed by atoms with Gasteiger partial charge in [0.05, 0.1) is 5.69 Å². The number of nitrogens with one attached hydrogen (secondary N) is 1. The first-order chi connectivity index (χ1) is 17.8. The quantitative estimate of drug-likeness (QED) is 0.360. The number of rotatable bonds is 9. The van der Waals surface area contributed by atoms with Crippen molar-refractivity contribution in [2.24, 2.45) is 16.6 Å². The fourth-order valence-corrected chi connectivity index (χ4v) is 4.69. The number of hydrogen-bond acceptors (Lipinski definition) is 4. The molecule has 2 heterocycles. The Morgan fingerprint density at radius 1 is 1.14 bits per heavy atom. The predicted octanol–water partition coefficient (Wildman–Crippen LogP) is 6.23. The maximum absolute atomic E-state index is 13.5. The number of nitrogens with two attached hydrogens (primary N) is 1. The molecule has 1 aliphatic heterocycles. The molecule has 0 spiro atoms. The summed E-state index contributed by atoms with van der Waals surface area (Å²) in [6.45, 7) is 0.207. The molecular weight excluding hydrogens is 479 g/mol. The molecule has 1 atom stereocenters. The lowest BCUT2D eigenvalue weighted by molar-refractivity contribution is -0.141. The second kappa shape index (κ2) is 10.3. The van der Waals surface area contributed by atoms with Crippen molar-refractivity contribution >= 4 is 17.8 Å². The Balaban J connectivity index is 1.43. The normalized spacial score (nSPS) is 16.1. The molecule has 0 radical (unpaired) electrons. The summed E-state index contributed by atoms with van der Waals surface area (Å²) in [7, 11) is 0. The minimum atomic E-state index is -4.70. The van der Waals surface area contributed by atoms with Gasteiger partial charge in [-0.25, -0.2) is 4.68 Å². The van der Waals surface area contributed by atoms with Crippen molar-refractivity contribution in [2.75, 3.05) is 5.32 Å². The van der Waals surface area contributed by atoms with Gasteiger partial charge in [-0.15, -0.1) is 0 Å². The fourth-order valence-electron chi connectivity index (χ4n) is 4.69. The van der Waals surface area contributed by atoms with Gasteiger partial charge in [0.2, 0.25) is 0 Å². The van der Waals surface area contributed by atoms with E-state index in [9.17, 15) is 18.0 Å². The summed E-state index contributed by atoms with van der Waals surface area (Å²) < 4.78 is 41.6. The van der Waals surface area contributed by atoms with Crippen molar-refractivity contribution in [3.8, 4) is 5.69 Å². The molecule has 2 aromatic carbocycles. The molecule has 1 saturated carbocycles. The van der Waals surface area contributed by atoms with E-state index in [-0.39, 0.29) is 18.2 Å². The molecule has 6 nitrogen and oxygen atoms in total. The molecular formula is C28H28F3N5O. The minimum Gasteiger partial charge on any atom is -0.326 e. The lowest BCUT2D eigenvalue weighted by atomic mass is 9.86. The molecule has 0 bridgehead atoms. The average molecular weight is 508 g/mol. The number of anilines is 1. The van der Waals surface area contributed by atoms with Crippen molar-refractivity contribution in [2.45, 2.75) is 50.7 Å². The monoisotopic (exact) mass is 507 g/mol. The minimum absolute atomic E-state index is 0.182. The molecule has 192 valence electrons. The molecule has 1 amide bonds. The van der Waals surface area contributed by atoms with Gasteiger partial charge in [-0.05, 0) is 59.7 Å². The van der Waals surface area contributed by atoms with Crippen LogP contribution in [0.1, 0.15) is 65.3 Å². The standard InChI is InChI=1S/C28H28F3N5O/c29-28(30,31)26-15-25(36(35-26)23-6-1-3-19(13-23)16-32)27(37)34-22-5-2-4-20(14-22)24(10-9-18-7-8-18)21-11-12-33-17-21/h1-6,12-15,17-18,24H,7-11,16,32H2,(H,34,37). The first-order valence-electron chi connectivity index (χ1n) is 12.4. The van der Waals surface area contributed by atoms with Crippen LogP contribution in [-0.4, -0.2) is 21.9 Å². The van der Waals surface area contributed by atoms with Gasteiger partial charge < -0.3 is 11.1 Å². The largest absolute Gasteiger partial charge is 0.435 e. The predicted molar refractivity (Wildman–Crippen MR) is 137 cm³/mol. The highest BCUT2D eigenvalue weighted by Crippen LogP contribution is 2.40. The van der Waals surface area contributed by atoms with Crippen LogP contribution in [0.2, 0.25) is 0 Å². The topological polar surface area (TPSA) is 85.3 Å². The molecule has 1 fully saturated rings. The number of allylic oxidation sites excluding steroid dienone is 1. The van der Waals surface area contributed by atoms with E-state index in [2.05, 4.69) is 15.4 Å². The highest BCUT2D eigenvalue weighted by atomic mass is 19.4. The second-order valence-electron chi connectivity index (χ2n) is 9.59. The number of halogens is 3. The van der Waals surface area contributed by atoms with E-state index in [1.54, 1.807) is 30.3 Å². The molecule has 1 unspecified atom stereocenters. The summed E-state index contributed by atoms with van der Waals surface area (Å²) in [5, 5.41) is 6.49. The van der Waals surface area contributed by atoms with E-state index in [4.69, 9.17) is 5.73 Å². The zero-order valence-electron chi connectivity index (χ0n) is 20.2. The van der Waals surface area contributed by atoms with Gasteiger partial charge in [0.15, 0.2) is 5.69 Å². The summed E-state index contributed by atoms with van der Waals surface area (Å²) in [5.74, 6) is 0.284. The Hall–Kier alpha value is -3.72. The van der Waals surface area contributed by atoms with Gasteiger partial charge in [-0.3, -0.25) is 9.79 Å². The third-order valence-corrected chi connectivity index (χ3v) is 6.85. The van der Waals surface area contributed by atoms with E-state index in [0.717, 1.165) is 41.5 Å². The van der Waals surface area contributed by atoms with Gasteiger partial charge in [0.25, 0.3) is 5.91 Å². The van der Waals surface area contributed by atoms with Crippen LogP contribution in [0.3, 0.4) is 0 Å². The number of nitrogens with zero attached hydrogens (tertiary/aromatic N) is 3. The molecule has 3 N–H and O–H groups in total. The first kappa shape index (κ1) is 25.0.